The van der Waals surface area contributed by atoms with Gasteiger partial charge in [0.15, 0.2) is 16.4 Å². The predicted molar refractivity (Wildman–Crippen MR) is 114 cm³/mol. The number of furan rings is 1. The molecular formula is C22H29NO6S. The van der Waals surface area contributed by atoms with Crippen molar-refractivity contribution < 1.29 is 27.2 Å². The van der Waals surface area contributed by atoms with Gasteiger partial charge in [-0.2, -0.15) is 0 Å². The van der Waals surface area contributed by atoms with Crippen molar-refractivity contribution in [3.8, 4) is 0 Å². The van der Waals surface area contributed by atoms with Crippen LogP contribution in [0.15, 0.2) is 22.8 Å². The molecule has 30 heavy (non-hydrogen) atoms. The Balaban J connectivity index is 1.61. The van der Waals surface area contributed by atoms with Gasteiger partial charge in [-0.3, -0.25) is 9.59 Å². The number of carbonyl (C=O) groups excluding carboxylic acids is 2. The van der Waals surface area contributed by atoms with Crippen molar-refractivity contribution in [1.29, 1.82) is 0 Å². The summed E-state index contributed by atoms with van der Waals surface area (Å²) in [6, 6.07) is 3.58. The van der Waals surface area contributed by atoms with E-state index >= 15 is 0 Å². The molecule has 1 aromatic heterocycles. The van der Waals surface area contributed by atoms with Crippen molar-refractivity contribution >= 4 is 32.7 Å². The molecule has 1 saturated heterocycles. The Morgan fingerprint density at radius 3 is 2.63 bits per heavy atom. The van der Waals surface area contributed by atoms with Crippen LogP contribution in [0.3, 0.4) is 0 Å². The Kier molecular flexibility index (Phi) is 6.85. The zero-order valence-electron chi connectivity index (χ0n) is 17.8. The molecule has 0 spiro atoms. The van der Waals surface area contributed by atoms with E-state index in [9.17, 15) is 18.0 Å². The first kappa shape index (κ1) is 22.3. The lowest BCUT2D eigenvalue weighted by atomic mass is 10.0. The van der Waals surface area contributed by atoms with E-state index in [1.54, 1.807) is 11.2 Å². The van der Waals surface area contributed by atoms with Crippen molar-refractivity contribution in [1.82, 2.24) is 4.90 Å². The molecule has 1 fully saturated rings. The summed E-state index contributed by atoms with van der Waals surface area (Å²) >= 11 is 0. The van der Waals surface area contributed by atoms with Crippen LogP contribution in [-0.4, -0.2) is 55.9 Å². The van der Waals surface area contributed by atoms with E-state index in [1.165, 1.54) is 0 Å². The number of carbonyl (C=O) groups is 2. The highest BCUT2D eigenvalue weighted by Crippen LogP contribution is 2.25. The summed E-state index contributed by atoms with van der Waals surface area (Å²) < 4.78 is 34.4. The normalized spacial score (nSPS) is 17.9. The number of ether oxygens (including phenoxy) is 1. The van der Waals surface area contributed by atoms with Crippen LogP contribution in [-0.2, 0) is 30.6 Å². The lowest BCUT2D eigenvalue weighted by molar-refractivity contribution is -0.152. The molecule has 7 nitrogen and oxygen atoms in total. The van der Waals surface area contributed by atoms with Crippen LogP contribution in [0.1, 0.15) is 42.9 Å². The van der Waals surface area contributed by atoms with E-state index in [4.69, 9.17) is 9.15 Å². The number of amides is 1. The zero-order chi connectivity index (χ0) is 21.9. The second-order valence-electron chi connectivity index (χ2n) is 8.03. The molecule has 0 N–H and O–H groups in total. The minimum absolute atomic E-state index is 0.00947. The molecule has 164 valence electrons. The Morgan fingerprint density at radius 2 is 1.97 bits per heavy atom. The third-order valence-corrected chi connectivity index (χ3v) is 7.43. The molecular weight excluding hydrogens is 406 g/mol. The van der Waals surface area contributed by atoms with E-state index in [1.807, 2.05) is 32.9 Å². The second-order valence-corrected chi connectivity index (χ2v) is 10.3. The van der Waals surface area contributed by atoms with Gasteiger partial charge in [0.1, 0.15) is 5.58 Å². The van der Waals surface area contributed by atoms with Crippen LogP contribution in [0.25, 0.3) is 11.0 Å². The van der Waals surface area contributed by atoms with Gasteiger partial charge < -0.3 is 14.1 Å². The molecule has 8 heteroatoms. The number of nitrogens with zero attached hydrogens (tertiary/aromatic N) is 1. The summed E-state index contributed by atoms with van der Waals surface area (Å²) in [5.41, 5.74) is 3.64. The molecule has 1 atom stereocenters. The fourth-order valence-corrected chi connectivity index (χ4v) is 5.50. The highest BCUT2D eigenvalue weighted by Gasteiger charge is 2.34. The van der Waals surface area contributed by atoms with E-state index in [-0.39, 0.29) is 36.5 Å². The molecule has 1 amide bonds. The quantitative estimate of drug-likeness (QED) is 0.592. The van der Waals surface area contributed by atoms with Gasteiger partial charge in [-0.1, -0.05) is 13.3 Å². The summed E-state index contributed by atoms with van der Waals surface area (Å²) in [7, 11) is -3.10. The first-order chi connectivity index (χ1) is 14.2. The minimum atomic E-state index is -3.10. The van der Waals surface area contributed by atoms with Gasteiger partial charge in [-0.25, -0.2) is 8.42 Å². The van der Waals surface area contributed by atoms with Crippen molar-refractivity contribution in [3.05, 3.63) is 35.1 Å². The third-order valence-electron chi connectivity index (χ3n) is 5.68. The molecule has 0 radical (unpaired) electrons. The summed E-state index contributed by atoms with van der Waals surface area (Å²) in [5, 5.41) is 0.863. The predicted octanol–water partition coefficient (Wildman–Crippen LogP) is 2.95. The van der Waals surface area contributed by atoms with Crippen LogP contribution in [0.2, 0.25) is 0 Å². The topological polar surface area (TPSA) is 93.9 Å². The number of esters is 1. The average molecular weight is 436 g/mol. The van der Waals surface area contributed by atoms with Crippen molar-refractivity contribution in [2.75, 3.05) is 24.7 Å². The lowest BCUT2D eigenvalue weighted by Crippen LogP contribution is -2.44. The maximum Gasteiger partial charge on any atom is 0.310 e. The number of aryl methyl sites for hydroxylation is 2. The molecule has 0 bridgehead atoms. The van der Waals surface area contributed by atoms with Crippen LogP contribution in [0, 0.1) is 13.8 Å². The monoisotopic (exact) mass is 435 g/mol. The molecule has 1 aliphatic heterocycles. The maximum absolute atomic E-state index is 12.7. The highest BCUT2D eigenvalue weighted by atomic mass is 32.2. The third kappa shape index (κ3) is 5.22. The van der Waals surface area contributed by atoms with E-state index in [0.29, 0.717) is 18.5 Å². The number of fused-ring (bicyclic) bond motifs is 1. The smallest absolute Gasteiger partial charge is 0.310 e. The Bertz CT molecular complexity index is 1040. The van der Waals surface area contributed by atoms with Crippen LogP contribution < -0.4 is 0 Å². The number of benzene rings is 1. The second kappa shape index (κ2) is 9.20. The number of unbranched alkanes of at least 4 members (excludes halogenated alkanes) is 1. The first-order valence-corrected chi connectivity index (χ1v) is 12.1. The number of sulfone groups is 1. The number of rotatable bonds is 8. The molecule has 0 saturated carbocycles. The lowest BCUT2D eigenvalue weighted by Gasteiger charge is -2.28. The molecule has 3 rings (SSSR count). The Labute approximate surface area is 177 Å². The minimum Gasteiger partial charge on any atom is -0.464 e. The fraction of sp³-hybridized carbons (Fsp3) is 0.545. The van der Waals surface area contributed by atoms with E-state index in [0.717, 1.165) is 34.9 Å². The van der Waals surface area contributed by atoms with E-state index in [2.05, 4.69) is 0 Å². The number of hydrogen-bond donors (Lipinski definition) is 0. The van der Waals surface area contributed by atoms with Crippen molar-refractivity contribution in [2.45, 2.75) is 52.5 Å². The van der Waals surface area contributed by atoms with Crippen LogP contribution in [0.4, 0.5) is 0 Å². The number of hydrogen-bond acceptors (Lipinski definition) is 6. The van der Waals surface area contributed by atoms with Gasteiger partial charge in [0.2, 0.25) is 0 Å². The van der Waals surface area contributed by atoms with Gasteiger partial charge in [0, 0.05) is 23.5 Å². The van der Waals surface area contributed by atoms with Gasteiger partial charge in [-0.15, -0.1) is 0 Å². The summed E-state index contributed by atoms with van der Waals surface area (Å²) in [6.07, 6.45) is 3.65. The van der Waals surface area contributed by atoms with Gasteiger partial charge in [0.05, 0.1) is 24.2 Å². The van der Waals surface area contributed by atoms with Crippen LogP contribution in [0.5, 0.6) is 0 Å². The molecule has 2 heterocycles. The summed E-state index contributed by atoms with van der Waals surface area (Å²) in [4.78, 5) is 26.6. The zero-order valence-corrected chi connectivity index (χ0v) is 18.6. The SMILES string of the molecule is CCCCN(C(=O)COC(=O)Cc1coc2cc(C)c(C)cc12)[C@H]1CCS(=O)(=O)C1. The molecule has 1 aromatic carbocycles. The Morgan fingerprint density at radius 1 is 1.23 bits per heavy atom. The summed E-state index contributed by atoms with van der Waals surface area (Å²) in [6.45, 7) is 6.09. The molecule has 2 aromatic rings. The van der Waals surface area contributed by atoms with Gasteiger partial charge >= 0.3 is 5.97 Å². The van der Waals surface area contributed by atoms with Crippen molar-refractivity contribution in [2.24, 2.45) is 0 Å². The average Bonchev–Trinajstić information content (AvgIpc) is 3.23. The van der Waals surface area contributed by atoms with E-state index < -0.39 is 15.8 Å². The van der Waals surface area contributed by atoms with Gasteiger partial charge in [0.25, 0.3) is 5.91 Å². The van der Waals surface area contributed by atoms with Gasteiger partial charge in [-0.05, 0) is 49.9 Å². The van der Waals surface area contributed by atoms with Crippen molar-refractivity contribution in [3.63, 3.8) is 0 Å². The van der Waals surface area contributed by atoms with Crippen LogP contribution >= 0.6 is 0 Å². The maximum atomic E-state index is 12.7. The molecule has 0 unspecified atom stereocenters. The molecule has 1 aliphatic rings. The summed E-state index contributed by atoms with van der Waals surface area (Å²) in [5.74, 6) is -0.781. The Hall–Kier alpha value is -2.35. The highest BCUT2D eigenvalue weighted by molar-refractivity contribution is 7.91. The largest absolute Gasteiger partial charge is 0.464 e. The fourth-order valence-electron chi connectivity index (χ4n) is 3.77. The first-order valence-electron chi connectivity index (χ1n) is 10.3. The molecule has 0 aliphatic carbocycles. The standard InChI is InChI=1S/C22H29NO6S/c1-4-5-7-23(18-6-8-30(26,27)14-18)21(24)13-29-22(25)11-17-12-28-20-10-16(3)15(2)9-19(17)20/h9-10,12,18H,4-8,11,13-14H2,1-3H3/t18-/m0/s1.